The second-order valence-corrected chi connectivity index (χ2v) is 12.0. The minimum atomic E-state index is -0.359. The van der Waals surface area contributed by atoms with E-state index in [-0.39, 0.29) is 5.82 Å². The molecule has 0 amide bonds. The van der Waals surface area contributed by atoms with Crippen LogP contribution in [0.3, 0.4) is 0 Å². The molecule has 0 N–H and O–H groups in total. The van der Waals surface area contributed by atoms with Gasteiger partial charge in [0.2, 0.25) is 5.95 Å². The van der Waals surface area contributed by atoms with Gasteiger partial charge in [0.05, 0.1) is 54.0 Å². The van der Waals surface area contributed by atoms with Crippen molar-refractivity contribution >= 4 is 45.6 Å². The molecule has 0 bridgehead atoms. The van der Waals surface area contributed by atoms with Crippen LogP contribution in [0.1, 0.15) is 22.6 Å². The van der Waals surface area contributed by atoms with Crippen molar-refractivity contribution in [3.05, 3.63) is 112 Å². The molecule has 0 unspecified atom stereocenters. The highest BCUT2D eigenvalue weighted by molar-refractivity contribution is 6.35. The van der Waals surface area contributed by atoms with Gasteiger partial charge in [-0.3, -0.25) is 14.9 Å². The number of nitrogens with zero attached hydrogens (tertiary/aromatic N) is 9. The van der Waals surface area contributed by atoms with Crippen molar-refractivity contribution < 1.29 is 4.39 Å². The van der Waals surface area contributed by atoms with Gasteiger partial charge in [-0.2, -0.15) is 4.98 Å². The van der Waals surface area contributed by atoms with Gasteiger partial charge < -0.3 is 9.80 Å². The maximum atomic E-state index is 14.7. The van der Waals surface area contributed by atoms with Crippen molar-refractivity contribution in [3.8, 4) is 0 Å². The van der Waals surface area contributed by atoms with Gasteiger partial charge in [-0.1, -0.05) is 48.0 Å². The van der Waals surface area contributed by atoms with Gasteiger partial charge in [0, 0.05) is 55.4 Å². The average Bonchev–Trinajstić information content (AvgIpc) is 3.74. The molecule has 0 atom stereocenters. The zero-order valence-electron chi connectivity index (χ0n) is 24.7. The Morgan fingerprint density at radius 1 is 0.822 bits per heavy atom. The van der Waals surface area contributed by atoms with Crippen LogP contribution < -0.4 is 9.80 Å². The Kier molecular flexibility index (Phi) is 7.23. The third kappa shape index (κ3) is 5.55. The van der Waals surface area contributed by atoms with E-state index >= 15 is 0 Å². The summed E-state index contributed by atoms with van der Waals surface area (Å²) in [5.41, 5.74) is 6.35. The summed E-state index contributed by atoms with van der Waals surface area (Å²) in [7, 11) is 0. The predicted octanol–water partition coefficient (Wildman–Crippen LogP) is 5.24. The third-order valence-electron chi connectivity index (χ3n) is 8.70. The molecular formula is C34H31ClFN9. The Hall–Kier alpha value is -4.67. The van der Waals surface area contributed by atoms with E-state index in [0.29, 0.717) is 29.4 Å². The Bertz CT molecular complexity index is 1950. The fraction of sp³-hybridized carbons (Fsp3) is 0.265. The fourth-order valence-electron chi connectivity index (χ4n) is 6.29. The van der Waals surface area contributed by atoms with Crippen LogP contribution in [0.4, 0.5) is 16.0 Å². The van der Waals surface area contributed by atoms with Crippen LogP contribution in [0.15, 0.2) is 84.0 Å². The van der Waals surface area contributed by atoms with Crippen LogP contribution in [0.2, 0.25) is 5.02 Å². The van der Waals surface area contributed by atoms with Gasteiger partial charge in [-0.15, -0.1) is 5.10 Å². The Labute approximate surface area is 265 Å². The second kappa shape index (κ2) is 11.7. The standard InChI is InChI=1S/C34H31ClFN9/c35-24-6-7-28(36)27(18-24)33-26(10-11-37-33)29-8-9-30-31(39-29)19-25(20-38-30)44-16-17-45-32(22-44)40-34(41-45)43-14-12-42(13-15-43)21-23-4-2-1-3-5-23/h1-10,18-20H,11-17,21-22H2. The summed E-state index contributed by atoms with van der Waals surface area (Å²) in [6.45, 7) is 7.42. The molecule has 3 aliphatic rings. The first-order valence-corrected chi connectivity index (χ1v) is 15.6. The number of halogens is 2. The molecule has 11 heteroatoms. The van der Waals surface area contributed by atoms with Crippen LogP contribution in [0, 0.1) is 5.82 Å². The maximum absolute atomic E-state index is 14.7. The first-order valence-electron chi connectivity index (χ1n) is 15.2. The van der Waals surface area contributed by atoms with Crippen LogP contribution in [0.25, 0.3) is 16.6 Å². The monoisotopic (exact) mass is 619 g/mol. The highest BCUT2D eigenvalue weighted by Crippen LogP contribution is 2.29. The third-order valence-corrected chi connectivity index (χ3v) is 8.94. The van der Waals surface area contributed by atoms with Gasteiger partial charge in [0.25, 0.3) is 0 Å². The predicted molar refractivity (Wildman–Crippen MR) is 175 cm³/mol. The number of piperazine rings is 1. The van der Waals surface area contributed by atoms with E-state index in [1.54, 1.807) is 12.1 Å². The highest BCUT2D eigenvalue weighted by Gasteiger charge is 2.26. The number of benzene rings is 2. The SMILES string of the molecule is Fc1ccc(Cl)cc1C1=NCC=C1c1ccc2ncc(N3CCn4nc(N5CCN(Cc6ccccc6)CC5)nc4C3)cc2n1. The number of hydrogen-bond donors (Lipinski definition) is 0. The van der Waals surface area contributed by atoms with Crippen molar-refractivity contribution in [2.75, 3.05) is 49.1 Å². The minimum absolute atomic E-state index is 0.359. The molecule has 0 aliphatic carbocycles. The Balaban J connectivity index is 0.973. The molecule has 8 rings (SSSR count). The molecule has 5 aromatic rings. The maximum Gasteiger partial charge on any atom is 0.245 e. The highest BCUT2D eigenvalue weighted by atomic mass is 35.5. The molecule has 1 fully saturated rings. The lowest BCUT2D eigenvalue weighted by molar-refractivity contribution is 0.248. The van der Waals surface area contributed by atoms with E-state index in [2.05, 4.69) is 56.1 Å². The summed E-state index contributed by atoms with van der Waals surface area (Å²) in [6.07, 6.45) is 3.87. The molecule has 9 nitrogen and oxygen atoms in total. The summed E-state index contributed by atoms with van der Waals surface area (Å²) in [5, 5.41) is 5.33. The zero-order valence-corrected chi connectivity index (χ0v) is 25.4. The first-order chi connectivity index (χ1) is 22.1. The van der Waals surface area contributed by atoms with Gasteiger partial charge in [-0.25, -0.2) is 14.1 Å². The van der Waals surface area contributed by atoms with Crippen molar-refractivity contribution in [1.29, 1.82) is 0 Å². The van der Waals surface area contributed by atoms with E-state index in [1.165, 1.54) is 11.6 Å². The van der Waals surface area contributed by atoms with Gasteiger partial charge in [0.15, 0.2) is 0 Å². The van der Waals surface area contributed by atoms with E-state index in [0.717, 1.165) is 85.6 Å². The summed E-state index contributed by atoms with van der Waals surface area (Å²) in [4.78, 5) is 26.2. The van der Waals surface area contributed by atoms with Gasteiger partial charge >= 0.3 is 0 Å². The van der Waals surface area contributed by atoms with Crippen LogP contribution in [-0.4, -0.2) is 74.6 Å². The molecule has 6 heterocycles. The molecule has 3 aliphatic heterocycles. The number of allylic oxidation sites excluding steroid dienone is 1. The lowest BCUT2D eigenvalue weighted by Gasteiger charge is -2.34. The number of aliphatic imine (C=N–C) groups is 1. The number of fused-ring (bicyclic) bond motifs is 2. The lowest BCUT2D eigenvalue weighted by atomic mass is 9.99. The molecule has 0 saturated carbocycles. The van der Waals surface area contributed by atoms with Crippen molar-refractivity contribution in [2.45, 2.75) is 19.6 Å². The normalized spacial score (nSPS) is 17.0. The Morgan fingerprint density at radius 3 is 2.53 bits per heavy atom. The molecule has 3 aromatic heterocycles. The molecule has 0 radical (unpaired) electrons. The minimum Gasteiger partial charge on any atom is -0.361 e. The summed E-state index contributed by atoms with van der Waals surface area (Å²) < 4.78 is 16.7. The number of anilines is 2. The number of aromatic nitrogens is 5. The molecular weight excluding hydrogens is 589 g/mol. The number of pyridine rings is 2. The van der Waals surface area contributed by atoms with E-state index in [4.69, 9.17) is 31.7 Å². The number of hydrogen-bond acceptors (Lipinski definition) is 8. The average molecular weight is 620 g/mol. The number of rotatable bonds is 6. The fourth-order valence-corrected chi connectivity index (χ4v) is 6.46. The van der Waals surface area contributed by atoms with Crippen LogP contribution in [-0.2, 0) is 19.6 Å². The molecule has 2 aromatic carbocycles. The summed E-state index contributed by atoms with van der Waals surface area (Å²) in [6, 6.07) is 21.1. The van der Waals surface area contributed by atoms with Crippen molar-refractivity contribution in [3.63, 3.8) is 0 Å². The van der Waals surface area contributed by atoms with E-state index in [9.17, 15) is 4.39 Å². The summed E-state index contributed by atoms with van der Waals surface area (Å²) >= 11 is 6.18. The Morgan fingerprint density at radius 2 is 1.67 bits per heavy atom. The first kappa shape index (κ1) is 27.8. The van der Waals surface area contributed by atoms with Crippen LogP contribution in [0.5, 0.6) is 0 Å². The molecule has 1 saturated heterocycles. The van der Waals surface area contributed by atoms with Gasteiger partial charge in [-0.05, 0) is 42.0 Å². The van der Waals surface area contributed by atoms with E-state index in [1.807, 2.05) is 29.1 Å². The molecule has 226 valence electrons. The summed E-state index contributed by atoms with van der Waals surface area (Å²) in [5.74, 6) is 1.40. The lowest BCUT2D eigenvalue weighted by Crippen LogP contribution is -2.46. The quantitative estimate of drug-likeness (QED) is 0.257. The smallest absolute Gasteiger partial charge is 0.245 e. The van der Waals surface area contributed by atoms with Gasteiger partial charge in [0.1, 0.15) is 11.6 Å². The van der Waals surface area contributed by atoms with E-state index < -0.39 is 0 Å². The second-order valence-electron chi connectivity index (χ2n) is 11.6. The van der Waals surface area contributed by atoms with Crippen molar-refractivity contribution in [1.82, 2.24) is 29.6 Å². The molecule has 0 spiro atoms. The zero-order chi connectivity index (χ0) is 30.3. The van der Waals surface area contributed by atoms with Crippen LogP contribution >= 0.6 is 11.6 Å². The molecule has 45 heavy (non-hydrogen) atoms. The largest absolute Gasteiger partial charge is 0.361 e. The topological polar surface area (TPSA) is 78.6 Å². The van der Waals surface area contributed by atoms with Crippen molar-refractivity contribution in [2.24, 2.45) is 4.99 Å².